The SMILES string of the molecule is CCCCCCCCCCCCCCC(=O)OC[C@H](COC(=O)CCCCCCCCCCCCCCCC(C)C)OC(=O)CCCCCCC. The van der Waals surface area contributed by atoms with Gasteiger partial charge in [0.15, 0.2) is 6.10 Å². The summed E-state index contributed by atoms with van der Waals surface area (Å²) in [6, 6.07) is 0. The van der Waals surface area contributed by atoms with E-state index in [0.717, 1.165) is 70.1 Å². The lowest BCUT2D eigenvalue weighted by molar-refractivity contribution is -0.167. The molecule has 0 bridgehead atoms. The molecule has 0 aromatic heterocycles. The van der Waals surface area contributed by atoms with Crippen LogP contribution in [0, 0.1) is 5.92 Å². The highest BCUT2D eigenvalue weighted by molar-refractivity contribution is 5.71. The summed E-state index contributed by atoms with van der Waals surface area (Å²) in [6.07, 6.45) is 38.3. The molecule has 51 heavy (non-hydrogen) atoms. The van der Waals surface area contributed by atoms with Crippen LogP contribution in [-0.4, -0.2) is 37.2 Å². The third-order valence-electron chi connectivity index (χ3n) is 10.0. The summed E-state index contributed by atoms with van der Waals surface area (Å²) in [5.74, 6) is -0.0298. The second-order valence-electron chi connectivity index (χ2n) is 15.8. The van der Waals surface area contributed by atoms with Crippen molar-refractivity contribution in [3.8, 4) is 0 Å². The molecule has 0 radical (unpaired) electrons. The van der Waals surface area contributed by atoms with E-state index in [1.165, 1.54) is 135 Å². The lowest BCUT2D eigenvalue weighted by atomic mass is 10.0. The Kier molecular flexibility index (Phi) is 38.4. The lowest BCUT2D eigenvalue weighted by Crippen LogP contribution is -2.30. The molecule has 302 valence electrons. The number of esters is 3. The number of carbonyl (C=O) groups excluding carboxylic acids is 3. The first-order valence-electron chi connectivity index (χ1n) is 22.4. The van der Waals surface area contributed by atoms with Crippen molar-refractivity contribution in [1.29, 1.82) is 0 Å². The van der Waals surface area contributed by atoms with Gasteiger partial charge in [0, 0.05) is 19.3 Å². The first-order chi connectivity index (χ1) is 24.9. The van der Waals surface area contributed by atoms with Crippen molar-refractivity contribution in [2.45, 2.75) is 252 Å². The Morgan fingerprint density at radius 3 is 0.961 bits per heavy atom. The predicted molar refractivity (Wildman–Crippen MR) is 215 cm³/mol. The molecule has 0 unspecified atom stereocenters. The fourth-order valence-corrected chi connectivity index (χ4v) is 6.63. The van der Waals surface area contributed by atoms with E-state index < -0.39 is 6.10 Å². The number of carbonyl (C=O) groups is 3. The van der Waals surface area contributed by atoms with E-state index in [2.05, 4.69) is 27.7 Å². The van der Waals surface area contributed by atoms with Crippen LogP contribution in [0.3, 0.4) is 0 Å². The quantitative estimate of drug-likeness (QED) is 0.0356. The summed E-state index contributed by atoms with van der Waals surface area (Å²) in [6.45, 7) is 8.92. The average Bonchev–Trinajstić information content (AvgIpc) is 3.11. The predicted octanol–water partition coefficient (Wildman–Crippen LogP) is 13.9. The fourth-order valence-electron chi connectivity index (χ4n) is 6.63. The van der Waals surface area contributed by atoms with Gasteiger partial charge in [-0.25, -0.2) is 0 Å². The molecule has 0 amide bonds. The van der Waals surface area contributed by atoms with Gasteiger partial charge < -0.3 is 14.2 Å². The molecule has 0 aromatic carbocycles. The third kappa shape index (κ3) is 39.5. The Labute approximate surface area is 317 Å². The van der Waals surface area contributed by atoms with Crippen LogP contribution in [0.25, 0.3) is 0 Å². The number of rotatable bonds is 40. The Morgan fingerprint density at radius 2 is 0.647 bits per heavy atom. The van der Waals surface area contributed by atoms with Crippen molar-refractivity contribution in [2.75, 3.05) is 13.2 Å². The molecule has 0 aliphatic heterocycles. The highest BCUT2D eigenvalue weighted by Crippen LogP contribution is 2.16. The normalized spacial score (nSPS) is 11.9. The fraction of sp³-hybridized carbons (Fsp3) is 0.933. The summed E-state index contributed by atoms with van der Waals surface area (Å²) < 4.78 is 16.6. The number of hydrogen-bond acceptors (Lipinski definition) is 6. The second-order valence-corrected chi connectivity index (χ2v) is 15.8. The molecule has 0 heterocycles. The monoisotopic (exact) mass is 723 g/mol. The zero-order chi connectivity index (χ0) is 37.5. The molecular weight excluding hydrogens is 636 g/mol. The zero-order valence-electron chi connectivity index (χ0n) is 34.6. The van der Waals surface area contributed by atoms with Crippen molar-refractivity contribution in [1.82, 2.24) is 0 Å². The third-order valence-corrected chi connectivity index (χ3v) is 10.0. The molecule has 0 rings (SSSR count). The maximum atomic E-state index is 12.5. The van der Waals surface area contributed by atoms with E-state index >= 15 is 0 Å². The largest absolute Gasteiger partial charge is 0.462 e. The van der Waals surface area contributed by atoms with Crippen LogP contribution in [0.5, 0.6) is 0 Å². The molecule has 0 aliphatic carbocycles. The molecule has 0 aromatic rings. The number of ether oxygens (including phenoxy) is 3. The van der Waals surface area contributed by atoms with E-state index in [1.54, 1.807) is 0 Å². The molecule has 0 fully saturated rings. The summed E-state index contributed by atoms with van der Waals surface area (Å²) >= 11 is 0. The standard InChI is InChI=1S/C45H86O6/c1-5-7-9-11-12-13-14-19-22-25-29-32-36-43(46)49-39-42(51-45(48)38-34-27-10-8-6-2)40-50-44(47)37-33-30-26-23-20-17-15-16-18-21-24-28-31-35-41(3)4/h41-42H,5-40H2,1-4H3/t42-/m1/s1. The van der Waals surface area contributed by atoms with E-state index in [1.807, 2.05) is 0 Å². The van der Waals surface area contributed by atoms with E-state index in [9.17, 15) is 14.4 Å². The lowest BCUT2D eigenvalue weighted by Gasteiger charge is -2.18. The molecule has 1 atom stereocenters. The van der Waals surface area contributed by atoms with E-state index in [-0.39, 0.29) is 31.1 Å². The van der Waals surface area contributed by atoms with Gasteiger partial charge in [-0.05, 0) is 25.2 Å². The van der Waals surface area contributed by atoms with Crippen molar-refractivity contribution < 1.29 is 28.6 Å². The van der Waals surface area contributed by atoms with Gasteiger partial charge in [0.05, 0.1) is 0 Å². The van der Waals surface area contributed by atoms with Gasteiger partial charge in [-0.1, -0.05) is 207 Å². The summed E-state index contributed by atoms with van der Waals surface area (Å²) in [5.41, 5.74) is 0. The minimum atomic E-state index is -0.757. The van der Waals surface area contributed by atoms with Gasteiger partial charge in [0.1, 0.15) is 13.2 Å². The van der Waals surface area contributed by atoms with E-state index in [0.29, 0.717) is 19.3 Å². The van der Waals surface area contributed by atoms with Crippen LogP contribution in [0.1, 0.15) is 246 Å². The number of unbranched alkanes of at least 4 members (excludes halogenated alkanes) is 27. The van der Waals surface area contributed by atoms with Gasteiger partial charge in [-0.3, -0.25) is 14.4 Å². The molecule has 6 heteroatoms. The highest BCUT2D eigenvalue weighted by Gasteiger charge is 2.19. The van der Waals surface area contributed by atoms with Gasteiger partial charge >= 0.3 is 17.9 Å². The van der Waals surface area contributed by atoms with Gasteiger partial charge in [-0.2, -0.15) is 0 Å². The minimum Gasteiger partial charge on any atom is -0.462 e. The summed E-state index contributed by atoms with van der Waals surface area (Å²) in [7, 11) is 0. The van der Waals surface area contributed by atoms with Crippen LogP contribution < -0.4 is 0 Å². The van der Waals surface area contributed by atoms with Crippen LogP contribution in [-0.2, 0) is 28.6 Å². The molecule has 0 aliphatic rings. The Balaban J connectivity index is 4.13. The highest BCUT2D eigenvalue weighted by atomic mass is 16.6. The van der Waals surface area contributed by atoms with Crippen LogP contribution in [0.2, 0.25) is 0 Å². The van der Waals surface area contributed by atoms with Gasteiger partial charge in [-0.15, -0.1) is 0 Å². The van der Waals surface area contributed by atoms with Crippen LogP contribution >= 0.6 is 0 Å². The Morgan fingerprint density at radius 1 is 0.373 bits per heavy atom. The van der Waals surface area contributed by atoms with Gasteiger partial charge in [0.25, 0.3) is 0 Å². The maximum Gasteiger partial charge on any atom is 0.306 e. The van der Waals surface area contributed by atoms with Crippen LogP contribution in [0.15, 0.2) is 0 Å². The molecular formula is C45H86O6. The maximum absolute atomic E-state index is 12.5. The minimum absolute atomic E-state index is 0.0652. The topological polar surface area (TPSA) is 78.9 Å². The number of hydrogen-bond donors (Lipinski definition) is 0. The van der Waals surface area contributed by atoms with E-state index in [4.69, 9.17) is 14.2 Å². The van der Waals surface area contributed by atoms with Crippen molar-refractivity contribution >= 4 is 17.9 Å². The molecule has 0 N–H and O–H groups in total. The second kappa shape index (κ2) is 39.6. The first-order valence-corrected chi connectivity index (χ1v) is 22.4. The summed E-state index contributed by atoms with van der Waals surface area (Å²) in [5, 5.41) is 0. The molecule has 0 saturated carbocycles. The zero-order valence-corrected chi connectivity index (χ0v) is 34.6. The molecule has 6 nitrogen and oxygen atoms in total. The summed E-state index contributed by atoms with van der Waals surface area (Å²) in [4.78, 5) is 37.4. The molecule has 0 saturated heterocycles. The van der Waals surface area contributed by atoms with Crippen molar-refractivity contribution in [3.05, 3.63) is 0 Å². The Bertz CT molecular complexity index is 766. The van der Waals surface area contributed by atoms with Crippen LogP contribution in [0.4, 0.5) is 0 Å². The van der Waals surface area contributed by atoms with Crippen molar-refractivity contribution in [3.63, 3.8) is 0 Å². The average molecular weight is 723 g/mol. The smallest absolute Gasteiger partial charge is 0.306 e. The Hall–Kier alpha value is -1.59. The van der Waals surface area contributed by atoms with Crippen molar-refractivity contribution in [2.24, 2.45) is 5.92 Å². The molecule has 0 spiro atoms. The van der Waals surface area contributed by atoms with Gasteiger partial charge in [0.2, 0.25) is 0 Å². The first kappa shape index (κ1) is 49.4.